The summed E-state index contributed by atoms with van der Waals surface area (Å²) in [6.45, 7) is 1.45. The molecule has 0 bridgehead atoms. The topological polar surface area (TPSA) is 121 Å². The predicted octanol–water partition coefficient (Wildman–Crippen LogP) is 2.43. The van der Waals surface area contributed by atoms with Gasteiger partial charge >= 0.3 is 11.7 Å². The van der Waals surface area contributed by atoms with Gasteiger partial charge in [0.1, 0.15) is 6.33 Å². The minimum absolute atomic E-state index is 0.0833. The molecular formula is C15H15N5O4. The van der Waals surface area contributed by atoms with Crippen LogP contribution in [0.2, 0.25) is 0 Å². The van der Waals surface area contributed by atoms with Gasteiger partial charge in [-0.15, -0.1) is 0 Å². The van der Waals surface area contributed by atoms with Gasteiger partial charge in [-0.05, 0) is 37.1 Å². The van der Waals surface area contributed by atoms with E-state index in [9.17, 15) is 14.9 Å². The molecule has 9 nitrogen and oxygen atoms in total. The van der Waals surface area contributed by atoms with Crippen molar-refractivity contribution in [2.75, 3.05) is 23.3 Å². The zero-order chi connectivity index (χ0) is 17.1. The first-order valence-electron chi connectivity index (χ1n) is 7.41. The Morgan fingerprint density at radius 3 is 2.46 bits per heavy atom. The van der Waals surface area contributed by atoms with Crippen molar-refractivity contribution in [2.24, 2.45) is 0 Å². The molecule has 0 saturated carbocycles. The number of carboxylic acid groups (broad SMARTS) is 1. The van der Waals surface area contributed by atoms with E-state index >= 15 is 0 Å². The lowest BCUT2D eigenvalue weighted by Crippen LogP contribution is -2.21. The first-order valence-corrected chi connectivity index (χ1v) is 7.41. The lowest BCUT2D eigenvalue weighted by atomic mass is 10.2. The van der Waals surface area contributed by atoms with Crippen LogP contribution in [0.15, 0.2) is 30.6 Å². The molecule has 0 atom stereocenters. The third-order valence-corrected chi connectivity index (χ3v) is 3.79. The number of benzene rings is 1. The number of nitro groups is 1. The van der Waals surface area contributed by atoms with Crippen LogP contribution in [-0.4, -0.2) is 39.1 Å². The first kappa shape index (κ1) is 15.7. The predicted molar refractivity (Wildman–Crippen MR) is 86.8 cm³/mol. The highest BCUT2D eigenvalue weighted by Crippen LogP contribution is 2.34. The van der Waals surface area contributed by atoms with Gasteiger partial charge in [-0.3, -0.25) is 10.1 Å². The van der Waals surface area contributed by atoms with Gasteiger partial charge in [0.2, 0.25) is 11.6 Å². The van der Waals surface area contributed by atoms with Crippen molar-refractivity contribution in [3.8, 4) is 0 Å². The van der Waals surface area contributed by atoms with E-state index in [-0.39, 0.29) is 17.1 Å². The van der Waals surface area contributed by atoms with Crippen molar-refractivity contribution in [3.63, 3.8) is 0 Å². The quantitative estimate of drug-likeness (QED) is 0.633. The van der Waals surface area contributed by atoms with Gasteiger partial charge in [0.05, 0.1) is 10.5 Å². The number of nitrogens with one attached hydrogen (secondary N) is 1. The summed E-state index contributed by atoms with van der Waals surface area (Å²) in [5.41, 5.74) is 0.464. The average Bonchev–Trinajstić information content (AvgIpc) is 3.09. The Balaban J connectivity index is 1.93. The van der Waals surface area contributed by atoms with Crippen LogP contribution < -0.4 is 10.2 Å². The number of aromatic nitrogens is 2. The van der Waals surface area contributed by atoms with E-state index in [4.69, 9.17) is 5.11 Å². The molecule has 24 heavy (non-hydrogen) atoms. The van der Waals surface area contributed by atoms with E-state index in [2.05, 4.69) is 15.3 Å². The fourth-order valence-electron chi connectivity index (χ4n) is 2.62. The molecule has 3 rings (SSSR count). The fraction of sp³-hybridized carbons (Fsp3) is 0.267. The van der Waals surface area contributed by atoms with E-state index in [1.165, 1.54) is 30.6 Å². The van der Waals surface area contributed by atoms with Crippen molar-refractivity contribution in [1.82, 2.24) is 9.97 Å². The minimum atomic E-state index is -1.04. The van der Waals surface area contributed by atoms with Crippen LogP contribution in [0, 0.1) is 10.1 Å². The van der Waals surface area contributed by atoms with E-state index in [1.54, 1.807) is 0 Å². The number of anilines is 3. The summed E-state index contributed by atoms with van der Waals surface area (Å²) in [4.78, 5) is 31.8. The number of carbonyl (C=O) groups is 1. The highest BCUT2D eigenvalue weighted by atomic mass is 16.6. The molecule has 1 fully saturated rings. The van der Waals surface area contributed by atoms with Gasteiger partial charge in [0.25, 0.3) is 0 Å². The summed E-state index contributed by atoms with van der Waals surface area (Å²) in [7, 11) is 0. The van der Waals surface area contributed by atoms with Crippen molar-refractivity contribution >= 4 is 29.0 Å². The molecule has 0 radical (unpaired) electrons. The van der Waals surface area contributed by atoms with Crippen molar-refractivity contribution in [2.45, 2.75) is 12.8 Å². The molecule has 2 N–H and O–H groups in total. The molecule has 2 aromatic rings. The van der Waals surface area contributed by atoms with Gasteiger partial charge in [0, 0.05) is 18.8 Å². The van der Waals surface area contributed by atoms with Gasteiger partial charge in [-0.2, -0.15) is 0 Å². The largest absolute Gasteiger partial charge is 0.478 e. The fourth-order valence-corrected chi connectivity index (χ4v) is 2.62. The second-order valence-electron chi connectivity index (χ2n) is 5.35. The molecule has 0 unspecified atom stereocenters. The van der Waals surface area contributed by atoms with Gasteiger partial charge < -0.3 is 15.3 Å². The molecule has 1 saturated heterocycles. The summed E-state index contributed by atoms with van der Waals surface area (Å²) in [6.07, 6.45) is 3.23. The molecule has 2 heterocycles. The lowest BCUT2D eigenvalue weighted by Gasteiger charge is -2.17. The van der Waals surface area contributed by atoms with Crippen LogP contribution >= 0.6 is 0 Å². The average molecular weight is 329 g/mol. The Morgan fingerprint density at radius 2 is 1.88 bits per heavy atom. The van der Waals surface area contributed by atoms with Crippen LogP contribution in [0.25, 0.3) is 0 Å². The molecule has 0 aliphatic carbocycles. The zero-order valence-corrected chi connectivity index (χ0v) is 12.7. The number of nitrogens with zero attached hydrogens (tertiary/aromatic N) is 4. The molecule has 0 spiro atoms. The van der Waals surface area contributed by atoms with Gasteiger partial charge in [0.15, 0.2) is 0 Å². The Labute approximate surface area is 137 Å². The van der Waals surface area contributed by atoms with Gasteiger partial charge in [-0.25, -0.2) is 14.8 Å². The highest BCUT2D eigenvalue weighted by Gasteiger charge is 2.28. The SMILES string of the molecule is O=C(O)c1ccc(Nc2ncnc(N3CCCC3)c2[N+](=O)[O-])cc1. The summed E-state index contributed by atoms with van der Waals surface area (Å²) in [5.74, 6) is -0.650. The maximum Gasteiger partial charge on any atom is 0.353 e. The van der Waals surface area contributed by atoms with E-state index in [1.807, 2.05) is 4.90 Å². The zero-order valence-electron chi connectivity index (χ0n) is 12.7. The summed E-state index contributed by atoms with van der Waals surface area (Å²) in [6, 6.07) is 5.90. The number of aromatic carboxylic acids is 1. The molecule has 1 aromatic carbocycles. The second-order valence-corrected chi connectivity index (χ2v) is 5.35. The summed E-state index contributed by atoms with van der Waals surface area (Å²) >= 11 is 0. The van der Waals surface area contributed by atoms with Crippen LogP contribution in [0.1, 0.15) is 23.2 Å². The second kappa shape index (κ2) is 6.49. The normalized spacial score (nSPS) is 13.8. The maximum absolute atomic E-state index is 11.5. The van der Waals surface area contributed by atoms with Gasteiger partial charge in [-0.1, -0.05) is 0 Å². The number of carboxylic acids is 1. The molecular weight excluding hydrogens is 314 g/mol. The summed E-state index contributed by atoms with van der Waals surface area (Å²) < 4.78 is 0. The summed E-state index contributed by atoms with van der Waals surface area (Å²) in [5, 5.41) is 23.3. The highest BCUT2D eigenvalue weighted by molar-refractivity contribution is 5.88. The standard InChI is InChI=1S/C15H15N5O4/c21-15(22)10-3-5-11(6-4-10)18-13-12(20(23)24)14(17-9-16-13)19-7-1-2-8-19/h3-6,9H,1-2,7-8H2,(H,21,22)(H,16,17,18). The first-order chi connectivity index (χ1) is 11.6. The molecule has 1 aromatic heterocycles. The Kier molecular flexibility index (Phi) is 4.23. The number of rotatable bonds is 5. The van der Waals surface area contributed by atoms with Crippen LogP contribution in [-0.2, 0) is 0 Å². The molecule has 1 aliphatic heterocycles. The number of hydrogen-bond acceptors (Lipinski definition) is 7. The van der Waals surface area contributed by atoms with E-state index in [0.29, 0.717) is 11.5 Å². The Bertz CT molecular complexity index is 772. The minimum Gasteiger partial charge on any atom is -0.478 e. The van der Waals surface area contributed by atoms with Crippen LogP contribution in [0.4, 0.5) is 23.0 Å². The third-order valence-electron chi connectivity index (χ3n) is 3.79. The number of hydrogen-bond donors (Lipinski definition) is 2. The monoisotopic (exact) mass is 329 g/mol. The molecule has 124 valence electrons. The van der Waals surface area contributed by atoms with Crippen molar-refractivity contribution < 1.29 is 14.8 Å². The van der Waals surface area contributed by atoms with E-state index < -0.39 is 10.9 Å². The van der Waals surface area contributed by atoms with Crippen LogP contribution in [0.5, 0.6) is 0 Å². The molecule has 1 aliphatic rings. The smallest absolute Gasteiger partial charge is 0.353 e. The molecule has 9 heteroatoms. The Morgan fingerprint density at radius 1 is 1.21 bits per heavy atom. The van der Waals surface area contributed by atoms with Crippen LogP contribution in [0.3, 0.4) is 0 Å². The van der Waals surface area contributed by atoms with E-state index in [0.717, 1.165) is 25.9 Å². The lowest BCUT2D eigenvalue weighted by molar-refractivity contribution is -0.383. The van der Waals surface area contributed by atoms with Crippen molar-refractivity contribution in [3.05, 3.63) is 46.3 Å². The Hall–Kier alpha value is -3.23. The maximum atomic E-state index is 11.5. The molecule has 0 amide bonds. The van der Waals surface area contributed by atoms with Crippen molar-refractivity contribution in [1.29, 1.82) is 0 Å². The third kappa shape index (κ3) is 3.09.